The van der Waals surface area contributed by atoms with Crippen LogP contribution in [0.3, 0.4) is 0 Å². The fourth-order valence-corrected chi connectivity index (χ4v) is 2.58. The smallest absolute Gasteiger partial charge is 0.346 e. The van der Waals surface area contributed by atoms with Crippen molar-refractivity contribution in [1.82, 2.24) is 0 Å². The van der Waals surface area contributed by atoms with Gasteiger partial charge in [0.05, 0.1) is 18.4 Å². The number of thiophene rings is 1. The number of hydrogen-bond donors (Lipinski definition) is 2. The first-order chi connectivity index (χ1) is 9.67. The Labute approximate surface area is 120 Å². The summed E-state index contributed by atoms with van der Waals surface area (Å²) < 4.78 is 5.21. The summed E-state index contributed by atoms with van der Waals surface area (Å²) in [6.45, 7) is 0.320. The number of nitrogens with zero attached hydrogens (tertiary/aromatic N) is 1. The first-order valence-corrected chi connectivity index (χ1v) is 6.66. The number of methoxy groups -OCH3 is 1. The maximum atomic E-state index is 11.0. The van der Waals surface area contributed by atoms with Crippen LogP contribution < -0.4 is 10.1 Å². The van der Waals surface area contributed by atoms with E-state index in [0.717, 1.165) is 0 Å². The van der Waals surface area contributed by atoms with Gasteiger partial charge in [0.2, 0.25) is 0 Å². The van der Waals surface area contributed by atoms with E-state index >= 15 is 0 Å². The lowest BCUT2D eigenvalue weighted by Crippen LogP contribution is -2.06. The van der Waals surface area contributed by atoms with Crippen LogP contribution in [0.2, 0.25) is 0 Å². The minimum atomic E-state index is -0.947. The van der Waals surface area contributed by atoms with E-state index in [2.05, 4.69) is 11.4 Å². The number of benzene rings is 1. The Kier molecular flexibility index (Phi) is 4.23. The van der Waals surface area contributed by atoms with E-state index in [4.69, 9.17) is 15.1 Å². The molecule has 0 unspecified atom stereocenters. The van der Waals surface area contributed by atoms with Gasteiger partial charge in [-0.25, -0.2) is 4.79 Å². The number of hydrogen-bond acceptors (Lipinski definition) is 5. The quantitative estimate of drug-likeness (QED) is 0.884. The van der Waals surface area contributed by atoms with Gasteiger partial charge in [0, 0.05) is 6.54 Å². The van der Waals surface area contributed by atoms with Crippen LogP contribution in [0.5, 0.6) is 5.75 Å². The summed E-state index contributed by atoms with van der Waals surface area (Å²) >= 11 is 1.18. The molecule has 102 valence electrons. The van der Waals surface area contributed by atoms with Crippen molar-refractivity contribution in [2.24, 2.45) is 0 Å². The summed E-state index contributed by atoms with van der Waals surface area (Å²) in [5.41, 5.74) is 1.70. The van der Waals surface area contributed by atoms with Crippen LogP contribution in [0.4, 0.5) is 5.69 Å². The Hall–Kier alpha value is -2.52. The Bertz CT molecular complexity index is 673. The summed E-state index contributed by atoms with van der Waals surface area (Å²) in [4.78, 5) is 11.3. The third-order valence-corrected chi connectivity index (χ3v) is 3.71. The molecule has 5 nitrogen and oxygen atoms in total. The summed E-state index contributed by atoms with van der Waals surface area (Å²) in [6.07, 6.45) is 0. The molecule has 2 N–H and O–H groups in total. The van der Waals surface area contributed by atoms with Gasteiger partial charge in [0.25, 0.3) is 0 Å². The number of carboxylic acids is 1. The van der Waals surface area contributed by atoms with Crippen LogP contribution in [-0.2, 0) is 6.54 Å². The number of carboxylic acid groups (broad SMARTS) is 1. The predicted molar refractivity (Wildman–Crippen MR) is 76.3 cm³/mol. The molecule has 20 heavy (non-hydrogen) atoms. The third-order valence-electron chi connectivity index (χ3n) is 2.76. The number of anilines is 1. The van der Waals surface area contributed by atoms with Gasteiger partial charge < -0.3 is 15.2 Å². The largest absolute Gasteiger partial charge is 0.495 e. The molecule has 0 aliphatic heterocycles. The minimum absolute atomic E-state index is 0.297. The van der Waals surface area contributed by atoms with Crippen molar-refractivity contribution in [3.8, 4) is 11.8 Å². The molecule has 0 atom stereocenters. The first-order valence-electron chi connectivity index (χ1n) is 5.78. The van der Waals surface area contributed by atoms with Gasteiger partial charge in [-0.15, -0.1) is 11.3 Å². The molecule has 0 aliphatic rings. The van der Waals surface area contributed by atoms with Crippen LogP contribution in [0, 0.1) is 11.3 Å². The Morgan fingerprint density at radius 1 is 1.50 bits per heavy atom. The van der Waals surface area contributed by atoms with Crippen LogP contribution >= 0.6 is 11.3 Å². The minimum Gasteiger partial charge on any atom is -0.495 e. The van der Waals surface area contributed by atoms with Gasteiger partial charge in [-0.05, 0) is 29.1 Å². The van der Waals surface area contributed by atoms with Gasteiger partial charge >= 0.3 is 5.97 Å². The van der Waals surface area contributed by atoms with Crippen molar-refractivity contribution >= 4 is 23.0 Å². The van der Waals surface area contributed by atoms with E-state index in [1.165, 1.54) is 18.4 Å². The normalized spacial score (nSPS) is 9.80. The molecule has 0 saturated heterocycles. The Morgan fingerprint density at radius 3 is 2.95 bits per heavy atom. The molecule has 0 spiro atoms. The van der Waals surface area contributed by atoms with Crippen molar-refractivity contribution < 1.29 is 14.6 Å². The number of rotatable bonds is 5. The van der Waals surface area contributed by atoms with E-state index in [0.29, 0.717) is 34.0 Å². The fraction of sp³-hybridized carbons (Fsp3) is 0.143. The first kappa shape index (κ1) is 13.9. The van der Waals surface area contributed by atoms with Crippen molar-refractivity contribution in [3.05, 3.63) is 45.6 Å². The number of para-hydroxylation sites is 1. The third kappa shape index (κ3) is 2.73. The van der Waals surface area contributed by atoms with Crippen LogP contribution in [-0.4, -0.2) is 18.2 Å². The molecular weight excluding hydrogens is 276 g/mol. The number of aromatic carboxylic acids is 1. The molecule has 0 amide bonds. The zero-order chi connectivity index (χ0) is 14.5. The topological polar surface area (TPSA) is 82.3 Å². The molecule has 0 aliphatic carbocycles. The number of ether oxygens (including phenoxy) is 1. The monoisotopic (exact) mass is 288 g/mol. The van der Waals surface area contributed by atoms with Crippen LogP contribution in [0.25, 0.3) is 0 Å². The Balaban J connectivity index is 2.25. The molecule has 1 aromatic heterocycles. The summed E-state index contributed by atoms with van der Waals surface area (Å²) in [7, 11) is 1.52. The van der Waals surface area contributed by atoms with Crippen molar-refractivity contribution in [3.63, 3.8) is 0 Å². The number of nitriles is 1. The van der Waals surface area contributed by atoms with Crippen molar-refractivity contribution in [2.45, 2.75) is 6.54 Å². The van der Waals surface area contributed by atoms with Gasteiger partial charge in [0.1, 0.15) is 16.7 Å². The predicted octanol–water partition coefficient (Wildman–Crippen LogP) is 2.94. The lowest BCUT2D eigenvalue weighted by atomic mass is 10.1. The van der Waals surface area contributed by atoms with E-state index in [-0.39, 0.29) is 0 Å². The second-order valence-corrected chi connectivity index (χ2v) is 4.84. The van der Waals surface area contributed by atoms with Gasteiger partial charge in [-0.3, -0.25) is 0 Å². The lowest BCUT2D eigenvalue weighted by molar-refractivity contribution is 0.0701. The zero-order valence-electron chi connectivity index (χ0n) is 10.7. The highest BCUT2D eigenvalue weighted by Crippen LogP contribution is 2.29. The summed E-state index contributed by atoms with van der Waals surface area (Å²) in [5.74, 6) is -0.395. The molecule has 2 rings (SSSR count). The highest BCUT2D eigenvalue weighted by molar-refractivity contribution is 7.12. The van der Waals surface area contributed by atoms with E-state index in [1.807, 2.05) is 0 Å². The number of carbonyl (C=O) groups is 1. The molecule has 1 heterocycles. The van der Waals surface area contributed by atoms with Crippen molar-refractivity contribution in [1.29, 1.82) is 5.26 Å². The second-order valence-electron chi connectivity index (χ2n) is 3.93. The van der Waals surface area contributed by atoms with E-state index in [1.54, 1.807) is 29.6 Å². The lowest BCUT2D eigenvalue weighted by Gasteiger charge is -2.12. The summed E-state index contributed by atoms with van der Waals surface area (Å²) in [5, 5.41) is 23.0. The fourth-order valence-electron chi connectivity index (χ4n) is 1.82. The van der Waals surface area contributed by atoms with Gasteiger partial charge in [0.15, 0.2) is 0 Å². The van der Waals surface area contributed by atoms with Gasteiger partial charge in [-0.2, -0.15) is 5.26 Å². The molecule has 0 bridgehead atoms. The van der Waals surface area contributed by atoms with Crippen molar-refractivity contribution in [2.75, 3.05) is 12.4 Å². The number of nitrogens with one attached hydrogen (secondary N) is 1. The standard InChI is InChI=1S/C14H12N2O3S/c1-19-11-4-2-3-9(7-15)12(11)16-8-10-5-6-20-13(10)14(17)18/h2-6,16H,8H2,1H3,(H,17,18). The molecule has 6 heteroatoms. The Morgan fingerprint density at radius 2 is 2.30 bits per heavy atom. The SMILES string of the molecule is COc1cccc(C#N)c1NCc1ccsc1C(=O)O. The van der Waals surface area contributed by atoms with E-state index < -0.39 is 5.97 Å². The second kappa shape index (κ2) is 6.08. The molecule has 0 radical (unpaired) electrons. The molecule has 0 saturated carbocycles. The van der Waals surface area contributed by atoms with E-state index in [9.17, 15) is 4.79 Å². The average molecular weight is 288 g/mol. The summed E-state index contributed by atoms with van der Waals surface area (Å²) in [6, 6.07) is 8.99. The maximum Gasteiger partial charge on any atom is 0.346 e. The zero-order valence-corrected chi connectivity index (χ0v) is 11.5. The maximum absolute atomic E-state index is 11.0. The highest BCUT2D eigenvalue weighted by Gasteiger charge is 2.13. The highest BCUT2D eigenvalue weighted by atomic mass is 32.1. The molecule has 1 aromatic carbocycles. The van der Waals surface area contributed by atoms with Gasteiger partial charge in [-0.1, -0.05) is 6.07 Å². The van der Waals surface area contributed by atoms with Crippen LogP contribution in [0.15, 0.2) is 29.6 Å². The van der Waals surface area contributed by atoms with Crippen LogP contribution in [0.1, 0.15) is 20.8 Å². The molecular formula is C14H12N2O3S. The average Bonchev–Trinajstić information content (AvgIpc) is 2.93. The molecule has 0 fully saturated rings. The molecule has 2 aromatic rings.